The van der Waals surface area contributed by atoms with E-state index in [1.807, 2.05) is 6.07 Å². The van der Waals surface area contributed by atoms with E-state index in [2.05, 4.69) is 49.9 Å². The van der Waals surface area contributed by atoms with Crippen LogP contribution in [0.2, 0.25) is 0 Å². The maximum Gasteiger partial charge on any atom is 0.0501 e. The summed E-state index contributed by atoms with van der Waals surface area (Å²) in [6.45, 7) is 8.77. The third-order valence-corrected chi connectivity index (χ3v) is 3.71. The van der Waals surface area contributed by atoms with Crippen molar-refractivity contribution in [1.82, 2.24) is 0 Å². The zero-order valence-electron chi connectivity index (χ0n) is 12.0. The Hall–Kier alpha value is -1.02. The van der Waals surface area contributed by atoms with Crippen molar-refractivity contribution in [2.75, 3.05) is 24.6 Å². The fourth-order valence-corrected chi connectivity index (χ4v) is 2.02. The predicted octanol–water partition coefficient (Wildman–Crippen LogP) is 3.70. The lowest BCUT2D eigenvalue weighted by Gasteiger charge is -2.35. The van der Waals surface area contributed by atoms with Crippen molar-refractivity contribution >= 4 is 5.69 Å². The van der Waals surface area contributed by atoms with Gasteiger partial charge in [-0.1, -0.05) is 45.4 Å². The van der Waals surface area contributed by atoms with Crippen LogP contribution in [0.1, 0.15) is 40.0 Å². The van der Waals surface area contributed by atoms with Gasteiger partial charge < -0.3 is 10.0 Å². The van der Waals surface area contributed by atoms with E-state index in [1.54, 1.807) is 0 Å². The summed E-state index contributed by atoms with van der Waals surface area (Å²) in [6, 6.07) is 10.5. The number of aliphatic hydroxyl groups is 1. The third-order valence-electron chi connectivity index (χ3n) is 3.71. The summed E-state index contributed by atoms with van der Waals surface area (Å²) >= 11 is 0. The van der Waals surface area contributed by atoms with E-state index < -0.39 is 0 Å². The normalized spacial score (nSPS) is 14.2. The van der Waals surface area contributed by atoms with E-state index in [0.29, 0.717) is 0 Å². The molecule has 0 saturated heterocycles. The van der Waals surface area contributed by atoms with E-state index in [1.165, 1.54) is 18.5 Å². The van der Waals surface area contributed by atoms with Gasteiger partial charge in [-0.3, -0.25) is 0 Å². The summed E-state index contributed by atoms with van der Waals surface area (Å²) in [5.74, 6) is 0. The van der Waals surface area contributed by atoms with Gasteiger partial charge in [-0.05, 0) is 25.0 Å². The van der Waals surface area contributed by atoms with Gasteiger partial charge in [0.2, 0.25) is 0 Å². The van der Waals surface area contributed by atoms with Gasteiger partial charge in [0.1, 0.15) is 0 Å². The number of hydrogen-bond acceptors (Lipinski definition) is 2. The van der Waals surface area contributed by atoms with Crippen molar-refractivity contribution in [2.24, 2.45) is 5.41 Å². The fourth-order valence-electron chi connectivity index (χ4n) is 2.02. The molecule has 0 amide bonds. The quantitative estimate of drug-likeness (QED) is 0.759. The first-order valence-corrected chi connectivity index (χ1v) is 7.06. The summed E-state index contributed by atoms with van der Waals surface area (Å²) in [5.41, 5.74) is 1.25. The van der Waals surface area contributed by atoms with E-state index in [4.69, 9.17) is 0 Å². The Morgan fingerprint density at radius 2 is 1.83 bits per heavy atom. The van der Waals surface area contributed by atoms with Crippen LogP contribution in [0.3, 0.4) is 0 Å². The molecule has 0 fully saturated rings. The molecule has 0 aliphatic heterocycles. The highest BCUT2D eigenvalue weighted by molar-refractivity contribution is 5.46. The van der Waals surface area contributed by atoms with Gasteiger partial charge in [-0.2, -0.15) is 0 Å². The minimum absolute atomic E-state index is 0.0103. The number of anilines is 1. The van der Waals surface area contributed by atoms with Gasteiger partial charge in [-0.15, -0.1) is 0 Å². The van der Waals surface area contributed by atoms with E-state index in [-0.39, 0.29) is 12.0 Å². The lowest BCUT2D eigenvalue weighted by molar-refractivity contribution is 0.142. The molecule has 2 nitrogen and oxygen atoms in total. The van der Waals surface area contributed by atoms with Gasteiger partial charge in [0.15, 0.2) is 0 Å². The van der Waals surface area contributed by atoms with E-state index in [0.717, 1.165) is 19.5 Å². The molecular weight excluding hydrogens is 222 g/mol. The second kappa shape index (κ2) is 7.42. The van der Waals surface area contributed by atoms with Crippen LogP contribution in [0.5, 0.6) is 0 Å². The van der Waals surface area contributed by atoms with Crippen molar-refractivity contribution in [2.45, 2.75) is 40.0 Å². The Morgan fingerprint density at radius 1 is 1.17 bits per heavy atom. The molecule has 18 heavy (non-hydrogen) atoms. The molecule has 0 aliphatic carbocycles. The summed E-state index contributed by atoms with van der Waals surface area (Å²) in [5, 5.41) is 9.58. The second-order valence-electron chi connectivity index (χ2n) is 5.43. The summed E-state index contributed by atoms with van der Waals surface area (Å²) in [7, 11) is 0. The van der Waals surface area contributed by atoms with E-state index in [9.17, 15) is 5.11 Å². The first-order chi connectivity index (χ1) is 8.65. The Labute approximate surface area is 112 Å². The molecule has 0 heterocycles. The molecule has 0 bridgehead atoms. The summed E-state index contributed by atoms with van der Waals surface area (Å²) in [6.07, 6.45) is 3.39. The molecule has 0 spiro atoms. The number of benzene rings is 1. The number of nitrogens with zero attached hydrogens (tertiary/aromatic N) is 1. The topological polar surface area (TPSA) is 23.5 Å². The molecule has 2 heteroatoms. The lowest BCUT2D eigenvalue weighted by Crippen LogP contribution is -2.38. The van der Waals surface area contributed by atoms with Crippen molar-refractivity contribution in [1.29, 1.82) is 0 Å². The standard InChI is InChI=1S/C16H27NO/c1-4-6-12-17(13-16(3,5-2)14-18)15-10-8-7-9-11-15/h7-11,18H,4-6,12-14H2,1-3H3. The molecule has 0 radical (unpaired) electrons. The summed E-state index contributed by atoms with van der Waals surface area (Å²) in [4.78, 5) is 2.41. The maximum atomic E-state index is 9.58. The first-order valence-electron chi connectivity index (χ1n) is 7.06. The first kappa shape index (κ1) is 15.0. The molecule has 1 rings (SSSR count). The Balaban J connectivity index is 2.79. The van der Waals surface area contributed by atoms with Crippen LogP contribution < -0.4 is 4.90 Å². The average Bonchev–Trinajstić information content (AvgIpc) is 2.44. The molecule has 0 aliphatic rings. The number of rotatable bonds is 8. The summed E-state index contributed by atoms with van der Waals surface area (Å²) < 4.78 is 0. The van der Waals surface area contributed by atoms with Crippen LogP contribution in [-0.2, 0) is 0 Å². The molecule has 1 unspecified atom stereocenters. The van der Waals surface area contributed by atoms with Crippen molar-refractivity contribution in [3.63, 3.8) is 0 Å². The van der Waals surface area contributed by atoms with Gasteiger partial charge >= 0.3 is 0 Å². The van der Waals surface area contributed by atoms with Gasteiger partial charge in [-0.25, -0.2) is 0 Å². The highest BCUT2D eigenvalue weighted by atomic mass is 16.3. The zero-order chi connectivity index (χ0) is 13.4. The van der Waals surface area contributed by atoms with Crippen molar-refractivity contribution in [3.8, 4) is 0 Å². The molecule has 1 aromatic carbocycles. The largest absolute Gasteiger partial charge is 0.396 e. The molecule has 102 valence electrons. The maximum absolute atomic E-state index is 9.58. The van der Waals surface area contributed by atoms with E-state index >= 15 is 0 Å². The molecule has 0 saturated carbocycles. The Morgan fingerprint density at radius 3 is 2.33 bits per heavy atom. The highest BCUT2D eigenvalue weighted by Gasteiger charge is 2.24. The monoisotopic (exact) mass is 249 g/mol. The SMILES string of the molecule is CCCCN(CC(C)(CC)CO)c1ccccc1. The number of hydrogen-bond donors (Lipinski definition) is 1. The minimum Gasteiger partial charge on any atom is -0.396 e. The van der Waals surface area contributed by atoms with Crippen LogP contribution >= 0.6 is 0 Å². The zero-order valence-corrected chi connectivity index (χ0v) is 12.0. The smallest absolute Gasteiger partial charge is 0.0501 e. The number of aliphatic hydroxyl groups excluding tert-OH is 1. The van der Waals surface area contributed by atoms with Crippen LogP contribution in [0, 0.1) is 5.41 Å². The number of para-hydroxylation sites is 1. The van der Waals surface area contributed by atoms with Crippen molar-refractivity contribution in [3.05, 3.63) is 30.3 Å². The van der Waals surface area contributed by atoms with Crippen molar-refractivity contribution < 1.29 is 5.11 Å². The van der Waals surface area contributed by atoms with Crippen LogP contribution in [0.4, 0.5) is 5.69 Å². The van der Waals surface area contributed by atoms with Crippen LogP contribution in [0.15, 0.2) is 30.3 Å². The average molecular weight is 249 g/mol. The molecular formula is C16H27NO. The predicted molar refractivity (Wildman–Crippen MR) is 79.0 cm³/mol. The van der Waals surface area contributed by atoms with Crippen LogP contribution in [0.25, 0.3) is 0 Å². The van der Waals surface area contributed by atoms with Crippen LogP contribution in [-0.4, -0.2) is 24.8 Å². The number of unbranched alkanes of at least 4 members (excludes halogenated alkanes) is 1. The highest BCUT2D eigenvalue weighted by Crippen LogP contribution is 2.25. The molecule has 1 atom stereocenters. The Bertz CT molecular complexity index is 319. The fraction of sp³-hybridized carbons (Fsp3) is 0.625. The molecule has 1 aromatic rings. The Kier molecular flexibility index (Phi) is 6.20. The van der Waals surface area contributed by atoms with Gasteiger partial charge in [0.05, 0.1) is 6.61 Å². The third kappa shape index (κ3) is 4.34. The van der Waals surface area contributed by atoms with Gasteiger partial charge in [0.25, 0.3) is 0 Å². The minimum atomic E-state index is -0.0103. The lowest BCUT2D eigenvalue weighted by atomic mass is 9.87. The molecule has 0 aromatic heterocycles. The molecule has 1 N–H and O–H groups in total. The van der Waals surface area contributed by atoms with Gasteiger partial charge in [0, 0.05) is 24.2 Å². The second-order valence-corrected chi connectivity index (χ2v) is 5.43.